The van der Waals surface area contributed by atoms with Gasteiger partial charge in [0.05, 0.1) is 21.2 Å². The van der Waals surface area contributed by atoms with Gasteiger partial charge in [0.25, 0.3) is 0 Å². The molecule has 0 aliphatic carbocycles. The molecule has 0 saturated heterocycles. The van der Waals surface area contributed by atoms with Gasteiger partial charge in [-0.3, -0.25) is 0 Å². The first kappa shape index (κ1) is 29.7. The van der Waals surface area contributed by atoms with Gasteiger partial charge in [-0.2, -0.15) is 0 Å². The van der Waals surface area contributed by atoms with E-state index in [-0.39, 0.29) is 9.79 Å². The molecule has 0 amide bonds. The van der Waals surface area contributed by atoms with E-state index in [0.717, 1.165) is 11.4 Å². The van der Waals surface area contributed by atoms with Crippen LogP contribution in [0.25, 0.3) is 0 Å². The van der Waals surface area contributed by atoms with E-state index in [4.69, 9.17) is 8.85 Å². The van der Waals surface area contributed by atoms with Gasteiger partial charge in [0.15, 0.2) is 0 Å². The van der Waals surface area contributed by atoms with Gasteiger partial charge in [-0.25, -0.2) is 8.42 Å². The van der Waals surface area contributed by atoms with Gasteiger partial charge in [-0.15, -0.1) is 0 Å². The Morgan fingerprint density at radius 1 is 0.571 bits per heavy atom. The molecule has 0 atom stereocenters. The Labute approximate surface area is 217 Å². The molecule has 0 saturated carbocycles. The summed E-state index contributed by atoms with van der Waals surface area (Å²) in [6.07, 6.45) is 0. The number of nitrogens with one attached hydrogen (secondary N) is 2. The summed E-state index contributed by atoms with van der Waals surface area (Å²) < 4.78 is 40.1. The number of anilines is 2. The maximum atomic E-state index is 13.8. The lowest BCUT2D eigenvalue weighted by atomic mass is 10.3. The summed E-state index contributed by atoms with van der Waals surface area (Å²) in [7, 11) is -11.0. The molecular weight excluding hydrogens is 525 g/mol. The molecule has 2 rings (SSSR count). The van der Waals surface area contributed by atoms with Crippen molar-refractivity contribution >= 4 is 54.3 Å². The lowest BCUT2D eigenvalue weighted by molar-refractivity contribution is 0.559. The summed E-state index contributed by atoms with van der Waals surface area (Å²) in [5.74, 6) is 1.43. The maximum Gasteiger partial charge on any atom is 0.242 e. The highest BCUT2D eigenvalue weighted by Gasteiger charge is 2.27. The number of hydrogen-bond donors (Lipinski definition) is 2. The normalized spacial score (nSPS) is 13.4. The van der Waals surface area contributed by atoms with Crippen LogP contribution in [0, 0.1) is 0 Å². The molecule has 0 radical (unpaired) electrons. The van der Waals surface area contributed by atoms with Crippen molar-refractivity contribution in [2.24, 2.45) is 0 Å². The van der Waals surface area contributed by atoms with Crippen molar-refractivity contribution < 1.29 is 17.3 Å². The third kappa shape index (κ3) is 9.45. The Morgan fingerprint density at radius 3 is 1.14 bits per heavy atom. The zero-order valence-corrected chi connectivity index (χ0v) is 28.3. The molecule has 11 heteroatoms. The molecular formula is C24H44N2O4SSi4. The van der Waals surface area contributed by atoms with E-state index in [1.807, 2.05) is 0 Å². The van der Waals surface area contributed by atoms with Crippen molar-refractivity contribution in [3.8, 4) is 11.5 Å². The SMILES string of the molecule is C[Si](C)(C)Nc1cc(S(=O)(=O)c2ccc(O[Si](C)(C)C)c(N[Si](C)(C)C)c2)ccc1O[Si](C)(C)C. The zero-order valence-electron chi connectivity index (χ0n) is 23.5. The van der Waals surface area contributed by atoms with Gasteiger partial charge in [0.2, 0.25) is 26.5 Å². The smallest absolute Gasteiger partial charge is 0.242 e. The second kappa shape index (κ2) is 10.1. The number of rotatable bonds is 10. The van der Waals surface area contributed by atoms with Gasteiger partial charge in [0, 0.05) is 0 Å². The third-order valence-corrected chi connectivity index (χ3v) is 9.83. The predicted octanol–water partition coefficient (Wildman–Crippen LogP) is 7.44. The summed E-state index contributed by atoms with van der Waals surface area (Å²) in [5, 5.41) is 0. The average Bonchev–Trinajstić information content (AvgIpc) is 2.59. The van der Waals surface area contributed by atoms with E-state index in [9.17, 15) is 8.42 Å². The minimum Gasteiger partial charge on any atom is -0.543 e. The lowest BCUT2D eigenvalue weighted by Gasteiger charge is -2.27. The van der Waals surface area contributed by atoms with Crippen LogP contribution in [0.4, 0.5) is 11.4 Å². The summed E-state index contributed by atoms with van der Waals surface area (Å²) in [4.78, 5) is 7.62. The van der Waals surface area contributed by atoms with Gasteiger partial charge in [-0.1, -0.05) is 39.3 Å². The third-order valence-electron chi connectivity index (χ3n) is 4.37. The maximum absolute atomic E-state index is 13.8. The van der Waals surface area contributed by atoms with Gasteiger partial charge in [0.1, 0.15) is 28.0 Å². The highest BCUT2D eigenvalue weighted by Crippen LogP contribution is 2.36. The van der Waals surface area contributed by atoms with Crippen LogP contribution >= 0.6 is 0 Å². The van der Waals surface area contributed by atoms with Crippen LogP contribution in [-0.4, -0.2) is 41.5 Å². The van der Waals surface area contributed by atoms with Crippen molar-refractivity contribution in [2.75, 3.05) is 9.96 Å². The minimum atomic E-state index is -3.75. The van der Waals surface area contributed by atoms with Crippen molar-refractivity contribution in [2.45, 2.75) is 88.4 Å². The molecule has 6 nitrogen and oxygen atoms in total. The molecule has 0 unspecified atom stereocenters. The minimum absolute atomic E-state index is 0.249. The van der Waals surface area contributed by atoms with E-state index < -0.39 is 42.9 Å². The fourth-order valence-corrected chi connectivity index (χ4v) is 8.32. The van der Waals surface area contributed by atoms with Crippen molar-refractivity contribution in [1.82, 2.24) is 0 Å². The van der Waals surface area contributed by atoms with Crippen molar-refractivity contribution in [3.05, 3.63) is 36.4 Å². The van der Waals surface area contributed by atoms with Gasteiger partial charge in [-0.05, 0) is 75.7 Å². The molecule has 0 aromatic heterocycles. The number of hydrogen-bond acceptors (Lipinski definition) is 6. The Bertz CT molecular complexity index is 1070. The molecule has 0 fully saturated rings. The Balaban J connectivity index is 2.61. The van der Waals surface area contributed by atoms with E-state index >= 15 is 0 Å². The van der Waals surface area contributed by atoms with Crippen LogP contribution < -0.4 is 18.8 Å². The van der Waals surface area contributed by atoms with Gasteiger partial charge >= 0.3 is 0 Å². The first-order valence-electron chi connectivity index (χ1n) is 12.0. The Hall–Kier alpha value is -1.54. The highest BCUT2D eigenvalue weighted by atomic mass is 32.2. The first-order valence-corrected chi connectivity index (χ1v) is 27.3. The fourth-order valence-electron chi connectivity index (χ4n) is 3.33. The first-order chi connectivity index (χ1) is 15.6. The number of sulfone groups is 1. The largest absolute Gasteiger partial charge is 0.543 e. The van der Waals surface area contributed by atoms with E-state index in [2.05, 4.69) is 88.5 Å². The second-order valence-electron chi connectivity index (χ2n) is 13.0. The van der Waals surface area contributed by atoms with Crippen molar-refractivity contribution in [1.29, 1.82) is 0 Å². The summed E-state index contributed by atoms with van der Waals surface area (Å²) >= 11 is 0. The molecule has 2 aromatic rings. The molecule has 0 heterocycles. The molecule has 0 aliphatic heterocycles. The predicted molar refractivity (Wildman–Crippen MR) is 160 cm³/mol. The Kier molecular flexibility index (Phi) is 8.55. The fraction of sp³-hybridized carbons (Fsp3) is 0.500. The quantitative estimate of drug-likeness (QED) is 0.290. The molecule has 35 heavy (non-hydrogen) atoms. The standard InChI is InChI=1S/C24H44N2O4SSi4/c1-32(2,3)25-21-17-19(13-15-23(21)29-34(7,8)9)31(27,28)20-14-16-24(30-35(10,11)12)22(18-20)26-33(4,5)6/h13-18,25-26H,1-12H3. The summed E-state index contributed by atoms with van der Waals surface area (Å²) in [6, 6.07) is 10.3. The molecule has 196 valence electrons. The van der Waals surface area contributed by atoms with Crippen LogP contribution in [-0.2, 0) is 9.84 Å². The van der Waals surface area contributed by atoms with Gasteiger partial charge < -0.3 is 18.8 Å². The zero-order chi connectivity index (χ0) is 27.0. The van der Waals surface area contributed by atoms with Crippen LogP contribution in [0.2, 0.25) is 78.6 Å². The van der Waals surface area contributed by atoms with Crippen LogP contribution in [0.15, 0.2) is 46.2 Å². The van der Waals surface area contributed by atoms with E-state index in [0.29, 0.717) is 11.5 Å². The van der Waals surface area contributed by atoms with E-state index in [1.54, 1.807) is 36.4 Å². The van der Waals surface area contributed by atoms with Crippen LogP contribution in [0.3, 0.4) is 0 Å². The number of benzene rings is 2. The summed E-state index contributed by atoms with van der Waals surface area (Å²) in [5.41, 5.74) is 1.48. The summed E-state index contributed by atoms with van der Waals surface area (Å²) in [6.45, 7) is 25.8. The topological polar surface area (TPSA) is 76.7 Å². The second-order valence-corrected chi connectivity index (χ2v) is 33.3. The van der Waals surface area contributed by atoms with Crippen molar-refractivity contribution in [3.63, 3.8) is 0 Å². The lowest BCUT2D eigenvalue weighted by Crippen LogP contribution is -2.34. The average molecular weight is 569 g/mol. The van der Waals surface area contributed by atoms with Crippen LogP contribution in [0.1, 0.15) is 0 Å². The Morgan fingerprint density at radius 2 is 0.886 bits per heavy atom. The molecule has 0 spiro atoms. The monoisotopic (exact) mass is 568 g/mol. The van der Waals surface area contributed by atoms with E-state index in [1.165, 1.54) is 0 Å². The van der Waals surface area contributed by atoms with Crippen LogP contribution in [0.5, 0.6) is 11.5 Å². The molecule has 2 N–H and O–H groups in total. The molecule has 2 aromatic carbocycles. The molecule has 0 bridgehead atoms. The molecule has 0 aliphatic rings. The highest BCUT2D eigenvalue weighted by molar-refractivity contribution is 7.91.